The van der Waals surface area contributed by atoms with Crippen LogP contribution in [0.15, 0.2) is 77.3 Å². The first-order chi connectivity index (χ1) is 14.7. The molecule has 1 aromatic heterocycles. The number of aromatic hydroxyl groups is 1. The number of halogens is 1. The van der Waals surface area contributed by atoms with Gasteiger partial charge in [0.05, 0.1) is 17.1 Å². The maximum Gasteiger partial charge on any atom is 0.120 e. The highest BCUT2D eigenvalue weighted by Gasteiger charge is 2.30. The molecule has 0 spiro atoms. The highest BCUT2D eigenvalue weighted by Crippen LogP contribution is 2.38. The normalized spacial score (nSPS) is 16.7. The number of H-pyrrole nitrogens is 1. The molecule has 1 saturated heterocycles. The zero-order valence-corrected chi connectivity index (χ0v) is 18.2. The second-order valence-corrected chi connectivity index (χ2v) is 8.88. The lowest BCUT2D eigenvalue weighted by molar-refractivity contribution is 0.170. The van der Waals surface area contributed by atoms with Gasteiger partial charge in [-0.25, -0.2) is 4.98 Å². The number of aromatic nitrogens is 2. The SMILES string of the molecule is Oc1ccccc1C(c1ccc(Br)cc1)N1CCC(c2nc3ccccc3[nH]2)CC1. The van der Waals surface area contributed by atoms with E-state index in [1.165, 1.54) is 5.56 Å². The number of phenols is 1. The van der Waals surface area contributed by atoms with E-state index in [4.69, 9.17) is 4.98 Å². The van der Waals surface area contributed by atoms with E-state index in [0.717, 1.165) is 52.8 Å². The average molecular weight is 462 g/mol. The lowest BCUT2D eigenvalue weighted by Gasteiger charge is -2.38. The fourth-order valence-corrected chi connectivity index (χ4v) is 4.81. The maximum absolute atomic E-state index is 10.6. The van der Waals surface area contributed by atoms with Gasteiger partial charge in [0, 0.05) is 16.0 Å². The van der Waals surface area contributed by atoms with Gasteiger partial charge in [0.15, 0.2) is 0 Å². The number of piperidine rings is 1. The monoisotopic (exact) mass is 461 g/mol. The van der Waals surface area contributed by atoms with Crippen LogP contribution in [0.2, 0.25) is 0 Å². The molecule has 0 aliphatic carbocycles. The van der Waals surface area contributed by atoms with Crippen molar-refractivity contribution in [2.24, 2.45) is 0 Å². The first-order valence-corrected chi connectivity index (χ1v) is 11.2. The largest absolute Gasteiger partial charge is 0.508 e. The van der Waals surface area contributed by atoms with Crippen LogP contribution < -0.4 is 0 Å². The van der Waals surface area contributed by atoms with Crippen LogP contribution in [0, 0.1) is 0 Å². The second-order valence-electron chi connectivity index (χ2n) is 7.96. The Morgan fingerprint density at radius 1 is 0.933 bits per heavy atom. The second kappa shape index (κ2) is 8.25. The van der Waals surface area contributed by atoms with Crippen LogP contribution in [-0.4, -0.2) is 33.1 Å². The van der Waals surface area contributed by atoms with Gasteiger partial charge in [0.1, 0.15) is 11.6 Å². The minimum atomic E-state index is 0.0379. The van der Waals surface area contributed by atoms with Gasteiger partial charge in [-0.1, -0.05) is 58.4 Å². The van der Waals surface area contributed by atoms with Gasteiger partial charge in [-0.3, -0.25) is 4.90 Å². The van der Waals surface area contributed by atoms with E-state index in [9.17, 15) is 5.11 Å². The summed E-state index contributed by atoms with van der Waals surface area (Å²) < 4.78 is 1.06. The van der Waals surface area contributed by atoms with E-state index in [1.807, 2.05) is 30.3 Å². The number of likely N-dealkylation sites (tertiary alicyclic amines) is 1. The molecule has 2 N–H and O–H groups in total. The fourth-order valence-electron chi connectivity index (χ4n) is 4.55. The van der Waals surface area contributed by atoms with Gasteiger partial charge >= 0.3 is 0 Å². The molecule has 1 atom stereocenters. The van der Waals surface area contributed by atoms with Gasteiger partial charge in [0.25, 0.3) is 0 Å². The Hall–Kier alpha value is -2.63. The van der Waals surface area contributed by atoms with E-state index in [2.05, 4.69) is 62.2 Å². The maximum atomic E-state index is 10.6. The van der Waals surface area contributed by atoms with Crippen molar-refractivity contribution in [3.63, 3.8) is 0 Å². The Labute approximate surface area is 184 Å². The Bertz CT molecular complexity index is 1110. The summed E-state index contributed by atoms with van der Waals surface area (Å²) in [5.41, 5.74) is 4.30. The Kier molecular flexibility index (Phi) is 5.32. The number of hydrogen-bond donors (Lipinski definition) is 2. The number of aromatic amines is 1. The summed E-state index contributed by atoms with van der Waals surface area (Å²) >= 11 is 3.54. The molecule has 0 radical (unpaired) electrons. The highest BCUT2D eigenvalue weighted by atomic mass is 79.9. The number of nitrogens with zero attached hydrogens (tertiary/aromatic N) is 2. The standard InChI is InChI=1S/C25H24BrN3O/c26-19-11-9-17(10-12-19)24(20-5-1-4-8-23(20)30)29-15-13-18(14-16-29)25-27-21-6-2-3-7-22(21)28-25/h1-12,18,24,30H,13-16H2,(H,27,28). The molecule has 0 saturated carbocycles. The Morgan fingerprint density at radius 3 is 2.37 bits per heavy atom. The third-order valence-electron chi connectivity index (χ3n) is 6.11. The number of hydrogen-bond acceptors (Lipinski definition) is 3. The summed E-state index contributed by atoms with van der Waals surface area (Å²) in [7, 11) is 0. The molecule has 1 aliphatic heterocycles. The molecule has 1 aliphatic rings. The number of benzene rings is 3. The quantitative estimate of drug-likeness (QED) is 0.391. The van der Waals surface area contributed by atoms with Crippen LogP contribution in [0.25, 0.3) is 11.0 Å². The van der Waals surface area contributed by atoms with Crippen molar-refractivity contribution in [1.82, 2.24) is 14.9 Å². The number of fused-ring (bicyclic) bond motifs is 1. The number of imidazole rings is 1. The van der Waals surface area contributed by atoms with Crippen LogP contribution in [0.1, 0.15) is 41.8 Å². The van der Waals surface area contributed by atoms with Crippen molar-refractivity contribution in [3.8, 4) is 5.75 Å². The highest BCUT2D eigenvalue weighted by molar-refractivity contribution is 9.10. The predicted molar refractivity (Wildman–Crippen MR) is 124 cm³/mol. The van der Waals surface area contributed by atoms with Gasteiger partial charge in [0.2, 0.25) is 0 Å². The lowest BCUT2D eigenvalue weighted by Crippen LogP contribution is -2.37. The van der Waals surface area contributed by atoms with Crippen LogP contribution in [0.4, 0.5) is 0 Å². The zero-order valence-electron chi connectivity index (χ0n) is 16.6. The van der Waals surface area contributed by atoms with E-state index < -0.39 is 0 Å². The van der Waals surface area contributed by atoms with Crippen LogP contribution in [0.5, 0.6) is 5.75 Å². The van der Waals surface area contributed by atoms with Gasteiger partial charge in [-0.05, 0) is 61.8 Å². The van der Waals surface area contributed by atoms with Crippen molar-refractivity contribution in [3.05, 3.63) is 94.2 Å². The zero-order chi connectivity index (χ0) is 20.5. The number of phenolic OH excluding ortho intramolecular Hbond substituents is 1. The summed E-state index contributed by atoms with van der Waals surface area (Å²) in [5.74, 6) is 1.88. The minimum Gasteiger partial charge on any atom is -0.508 e. The van der Waals surface area contributed by atoms with Gasteiger partial charge < -0.3 is 10.1 Å². The minimum absolute atomic E-state index is 0.0379. The summed E-state index contributed by atoms with van der Waals surface area (Å²) in [6, 6.07) is 24.4. The molecule has 5 heteroatoms. The lowest BCUT2D eigenvalue weighted by atomic mass is 9.90. The molecular weight excluding hydrogens is 438 g/mol. The molecule has 0 amide bonds. The molecule has 1 unspecified atom stereocenters. The smallest absolute Gasteiger partial charge is 0.120 e. The Balaban J connectivity index is 1.40. The van der Waals surface area contributed by atoms with Crippen molar-refractivity contribution >= 4 is 27.0 Å². The van der Waals surface area contributed by atoms with Crippen LogP contribution in [-0.2, 0) is 0 Å². The number of para-hydroxylation sites is 3. The third-order valence-corrected chi connectivity index (χ3v) is 6.63. The molecule has 152 valence electrons. The summed E-state index contributed by atoms with van der Waals surface area (Å²) in [5, 5.41) is 10.6. The molecule has 1 fully saturated rings. The average Bonchev–Trinajstić information content (AvgIpc) is 3.21. The topological polar surface area (TPSA) is 52.1 Å². The molecule has 5 rings (SSSR count). The van der Waals surface area contributed by atoms with Crippen molar-refractivity contribution < 1.29 is 5.11 Å². The summed E-state index contributed by atoms with van der Waals surface area (Å²) in [4.78, 5) is 10.8. The van der Waals surface area contributed by atoms with Crippen molar-refractivity contribution in [2.75, 3.05) is 13.1 Å². The molecule has 4 nitrogen and oxygen atoms in total. The molecular formula is C25H24BrN3O. The van der Waals surface area contributed by atoms with Gasteiger partial charge in [-0.2, -0.15) is 0 Å². The summed E-state index contributed by atoms with van der Waals surface area (Å²) in [6.45, 7) is 1.91. The third kappa shape index (κ3) is 3.75. The van der Waals surface area contributed by atoms with E-state index in [1.54, 1.807) is 6.07 Å². The van der Waals surface area contributed by atoms with E-state index in [-0.39, 0.29) is 6.04 Å². The van der Waals surface area contributed by atoms with E-state index >= 15 is 0 Å². The van der Waals surface area contributed by atoms with E-state index in [0.29, 0.717) is 11.7 Å². The van der Waals surface area contributed by atoms with Gasteiger partial charge in [-0.15, -0.1) is 0 Å². The van der Waals surface area contributed by atoms with Crippen LogP contribution >= 0.6 is 15.9 Å². The Morgan fingerprint density at radius 2 is 1.63 bits per heavy atom. The molecule has 2 heterocycles. The first kappa shape index (κ1) is 19.3. The van der Waals surface area contributed by atoms with Crippen molar-refractivity contribution in [2.45, 2.75) is 24.8 Å². The molecule has 30 heavy (non-hydrogen) atoms. The number of nitrogens with one attached hydrogen (secondary N) is 1. The first-order valence-electron chi connectivity index (χ1n) is 10.4. The number of rotatable bonds is 4. The molecule has 4 aromatic rings. The molecule has 3 aromatic carbocycles. The van der Waals surface area contributed by atoms with Crippen LogP contribution in [0.3, 0.4) is 0 Å². The van der Waals surface area contributed by atoms with Crippen molar-refractivity contribution in [1.29, 1.82) is 0 Å². The predicted octanol–water partition coefficient (Wildman–Crippen LogP) is 6.00. The summed E-state index contributed by atoms with van der Waals surface area (Å²) in [6.07, 6.45) is 2.08. The molecule has 0 bridgehead atoms. The fraction of sp³-hybridized carbons (Fsp3) is 0.240.